The number of anilines is 1. The summed E-state index contributed by atoms with van der Waals surface area (Å²) in [7, 11) is 0. The molecule has 1 atom stereocenters. The van der Waals surface area contributed by atoms with Crippen LogP contribution in [0, 0.1) is 11.6 Å². The van der Waals surface area contributed by atoms with Gasteiger partial charge in [-0.2, -0.15) is 0 Å². The number of amides is 2. The minimum atomic E-state index is -0.786. The number of carbonyl (C=O) groups excluding carboxylic acids is 2. The Hall–Kier alpha value is -4.32. The summed E-state index contributed by atoms with van der Waals surface area (Å²) < 4.78 is 27.9. The molecule has 2 amide bonds. The molecule has 0 bridgehead atoms. The van der Waals surface area contributed by atoms with Gasteiger partial charge in [-0.25, -0.2) is 8.78 Å². The molecule has 6 heteroatoms. The fourth-order valence-corrected chi connectivity index (χ4v) is 4.27. The molecule has 1 aliphatic heterocycles. The third-order valence-electron chi connectivity index (χ3n) is 5.89. The van der Waals surface area contributed by atoms with Crippen LogP contribution in [0.5, 0.6) is 0 Å². The SMILES string of the molecule is O=C1CN(C(=O)c2ccc(-c3ccccc3)cc2)C(c2ccc(F)cc2)c2cc(F)ccc2N1. The molecule has 0 aliphatic carbocycles. The van der Waals surface area contributed by atoms with Crippen LogP contribution >= 0.6 is 0 Å². The summed E-state index contributed by atoms with van der Waals surface area (Å²) in [5.41, 5.74) is 3.76. The smallest absolute Gasteiger partial charge is 0.255 e. The van der Waals surface area contributed by atoms with Gasteiger partial charge in [0, 0.05) is 16.8 Å². The van der Waals surface area contributed by atoms with E-state index in [-0.39, 0.29) is 12.5 Å². The number of nitrogens with one attached hydrogen (secondary N) is 1. The summed E-state index contributed by atoms with van der Waals surface area (Å²) in [6.07, 6.45) is 0. The fourth-order valence-electron chi connectivity index (χ4n) is 4.27. The zero-order valence-electron chi connectivity index (χ0n) is 18.0. The predicted octanol–water partition coefficient (Wildman–Crippen LogP) is 5.82. The van der Waals surface area contributed by atoms with E-state index in [0.29, 0.717) is 22.4 Å². The molecular weight excluding hydrogens is 434 g/mol. The van der Waals surface area contributed by atoms with Gasteiger partial charge in [0.25, 0.3) is 5.91 Å². The second-order valence-electron chi connectivity index (χ2n) is 8.11. The molecule has 1 aliphatic rings. The van der Waals surface area contributed by atoms with Crippen molar-refractivity contribution in [1.82, 2.24) is 4.90 Å². The van der Waals surface area contributed by atoms with E-state index in [4.69, 9.17) is 0 Å². The summed E-state index contributed by atoms with van der Waals surface area (Å²) in [4.78, 5) is 27.8. The van der Waals surface area contributed by atoms with Gasteiger partial charge in [0.1, 0.15) is 18.2 Å². The first kappa shape index (κ1) is 21.5. The molecule has 1 N–H and O–H groups in total. The maximum atomic E-state index is 14.3. The van der Waals surface area contributed by atoms with E-state index in [1.165, 1.54) is 35.2 Å². The molecule has 168 valence electrons. The summed E-state index contributed by atoms with van der Waals surface area (Å²) in [5.74, 6) is -1.71. The van der Waals surface area contributed by atoms with Crippen molar-refractivity contribution in [2.45, 2.75) is 6.04 Å². The topological polar surface area (TPSA) is 49.4 Å². The second-order valence-corrected chi connectivity index (χ2v) is 8.11. The Balaban J connectivity index is 1.58. The van der Waals surface area contributed by atoms with Crippen LogP contribution in [-0.2, 0) is 4.79 Å². The van der Waals surface area contributed by atoms with E-state index in [1.807, 2.05) is 42.5 Å². The van der Waals surface area contributed by atoms with Crippen molar-refractivity contribution in [3.8, 4) is 11.1 Å². The van der Waals surface area contributed by atoms with Gasteiger partial charge in [-0.05, 0) is 59.2 Å². The van der Waals surface area contributed by atoms with Crippen LogP contribution in [0.1, 0.15) is 27.5 Å². The van der Waals surface area contributed by atoms with Gasteiger partial charge in [0.15, 0.2) is 0 Å². The molecule has 0 spiro atoms. The Bertz CT molecular complexity index is 1350. The maximum absolute atomic E-state index is 14.3. The first-order valence-electron chi connectivity index (χ1n) is 10.8. The van der Waals surface area contributed by atoms with Crippen molar-refractivity contribution in [1.29, 1.82) is 0 Å². The number of halogens is 2. The van der Waals surface area contributed by atoms with Gasteiger partial charge >= 0.3 is 0 Å². The Morgan fingerprint density at radius 3 is 2.15 bits per heavy atom. The van der Waals surface area contributed by atoms with Crippen LogP contribution in [0.2, 0.25) is 0 Å². The van der Waals surface area contributed by atoms with Crippen LogP contribution < -0.4 is 5.32 Å². The van der Waals surface area contributed by atoms with E-state index < -0.39 is 23.6 Å². The highest BCUT2D eigenvalue weighted by Crippen LogP contribution is 2.37. The van der Waals surface area contributed by atoms with Gasteiger partial charge in [-0.1, -0.05) is 54.6 Å². The Labute approximate surface area is 195 Å². The average Bonchev–Trinajstić information content (AvgIpc) is 3.00. The molecule has 1 unspecified atom stereocenters. The standard InChI is InChI=1S/C28H20F2N2O2/c29-22-12-10-20(11-13-22)27-24-16-23(30)14-15-25(24)31-26(33)17-32(27)28(34)21-8-6-19(7-9-21)18-4-2-1-3-5-18/h1-16,27H,17H2,(H,31,33). The monoisotopic (exact) mass is 454 g/mol. The Kier molecular flexibility index (Phi) is 5.64. The van der Waals surface area contributed by atoms with Crippen LogP contribution in [0.3, 0.4) is 0 Å². The lowest BCUT2D eigenvalue weighted by Gasteiger charge is -2.30. The first-order valence-corrected chi connectivity index (χ1v) is 10.8. The van der Waals surface area contributed by atoms with Crippen LogP contribution in [-0.4, -0.2) is 23.3 Å². The fraction of sp³-hybridized carbons (Fsp3) is 0.0714. The third-order valence-corrected chi connectivity index (χ3v) is 5.89. The Morgan fingerprint density at radius 1 is 0.794 bits per heavy atom. The minimum absolute atomic E-state index is 0.238. The molecule has 4 aromatic rings. The van der Waals surface area contributed by atoms with E-state index in [0.717, 1.165) is 11.1 Å². The number of nitrogens with zero attached hydrogens (tertiary/aromatic N) is 1. The van der Waals surface area contributed by atoms with Crippen molar-refractivity contribution in [3.63, 3.8) is 0 Å². The quantitative estimate of drug-likeness (QED) is 0.424. The molecule has 0 saturated carbocycles. The molecule has 0 saturated heterocycles. The van der Waals surface area contributed by atoms with Crippen molar-refractivity contribution in [3.05, 3.63) is 125 Å². The van der Waals surface area contributed by atoms with E-state index in [1.54, 1.807) is 24.3 Å². The molecule has 0 radical (unpaired) electrons. The highest BCUT2D eigenvalue weighted by atomic mass is 19.1. The minimum Gasteiger partial charge on any atom is -0.324 e. The van der Waals surface area contributed by atoms with E-state index in [2.05, 4.69) is 5.32 Å². The summed E-state index contributed by atoms with van der Waals surface area (Å²) >= 11 is 0. The average molecular weight is 454 g/mol. The van der Waals surface area contributed by atoms with E-state index >= 15 is 0 Å². The first-order chi connectivity index (χ1) is 16.5. The predicted molar refractivity (Wildman–Crippen MR) is 126 cm³/mol. The number of carbonyl (C=O) groups is 2. The molecule has 4 aromatic carbocycles. The molecule has 0 fully saturated rings. The molecule has 34 heavy (non-hydrogen) atoms. The summed E-state index contributed by atoms with van der Waals surface area (Å²) in [6.45, 7) is -0.238. The largest absolute Gasteiger partial charge is 0.324 e. The highest BCUT2D eigenvalue weighted by molar-refractivity contribution is 6.01. The number of hydrogen-bond acceptors (Lipinski definition) is 2. The summed E-state index contributed by atoms with van der Waals surface area (Å²) in [5, 5.41) is 2.75. The van der Waals surface area contributed by atoms with Crippen molar-refractivity contribution < 1.29 is 18.4 Å². The summed E-state index contributed by atoms with van der Waals surface area (Å²) in [6, 6.07) is 25.8. The van der Waals surface area contributed by atoms with Crippen molar-refractivity contribution in [2.24, 2.45) is 0 Å². The van der Waals surface area contributed by atoms with Gasteiger partial charge in [-0.15, -0.1) is 0 Å². The van der Waals surface area contributed by atoms with Crippen molar-refractivity contribution in [2.75, 3.05) is 11.9 Å². The van der Waals surface area contributed by atoms with Gasteiger partial charge < -0.3 is 10.2 Å². The number of hydrogen-bond donors (Lipinski definition) is 1. The maximum Gasteiger partial charge on any atom is 0.255 e. The lowest BCUT2D eigenvalue weighted by atomic mass is 9.95. The molecule has 5 rings (SSSR count). The van der Waals surface area contributed by atoms with Crippen LogP contribution in [0.15, 0.2) is 97.1 Å². The van der Waals surface area contributed by atoms with Gasteiger partial charge in [0.2, 0.25) is 5.91 Å². The zero-order chi connectivity index (χ0) is 23.7. The number of fused-ring (bicyclic) bond motifs is 1. The van der Waals surface area contributed by atoms with Crippen LogP contribution in [0.25, 0.3) is 11.1 Å². The lowest BCUT2D eigenvalue weighted by molar-refractivity contribution is -0.117. The highest BCUT2D eigenvalue weighted by Gasteiger charge is 2.34. The molecule has 1 heterocycles. The molecular formula is C28H20F2N2O2. The van der Waals surface area contributed by atoms with Crippen LogP contribution in [0.4, 0.5) is 14.5 Å². The normalized spacial score (nSPS) is 15.3. The van der Waals surface area contributed by atoms with Crippen molar-refractivity contribution >= 4 is 17.5 Å². The van der Waals surface area contributed by atoms with E-state index in [9.17, 15) is 18.4 Å². The second kappa shape index (κ2) is 8.90. The Morgan fingerprint density at radius 2 is 1.44 bits per heavy atom. The van der Waals surface area contributed by atoms with Gasteiger partial charge in [0.05, 0.1) is 6.04 Å². The molecule has 4 nitrogen and oxygen atoms in total. The lowest BCUT2D eigenvalue weighted by Crippen LogP contribution is -2.39. The number of rotatable bonds is 3. The molecule has 0 aromatic heterocycles. The zero-order valence-corrected chi connectivity index (χ0v) is 18.0. The number of benzene rings is 4. The third kappa shape index (κ3) is 4.18. The van der Waals surface area contributed by atoms with Gasteiger partial charge in [-0.3, -0.25) is 9.59 Å².